The lowest BCUT2D eigenvalue weighted by Crippen LogP contribution is -2.36. The maximum absolute atomic E-state index is 12.0. The number of hydrogen-bond donors (Lipinski definition) is 2. The Bertz CT molecular complexity index is 566. The number of hydrogen-bond acceptors (Lipinski definition) is 4. The molecular weight excluding hydrogens is 256 g/mol. The van der Waals surface area contributed by atoms with Crippen LogP contribution in [0.1, 0.15) is 44.1 Å². The van der Waals surface area contributed by atoms with Crippen molar-refractivity contribution in [3.05, 3.63) is 30.4 Å². The minimum Gasteiger partial charge on any atom is -0.345 e. The van der Waals surface area contributed by atoms with Crippen LogP contribution >= 0.6 is 0 Å². The first kappa shape index (κ1) is 14.2. The molecule has 7 heteroatoms. The highest BCUT2D eigenvalue weighted by atomic mass is 16.2. The molecule has 0 saturated carbocycles. The molecule has 0 saturated heterocycles. The van der Waals surface area contributed by atoms with Crippen molar-refractivity contribution in [1.82, 2.24) is 30.0 Å². The average molecular weight is 276 g/mol. The summed E-state index contributed by atoms with van der Waals surface area (Å²) in [7, 11) is 0. The van der Waals surface area contributed by atoms with E-state index in [1.165, 1.54) is 0 Å². The SMILES string of the molecule is CC(Cn1ccnc1)NC(=O)c1n[nH]c(C(C)(C)C)n1. The molecule has 108 valence electrons. The minimum atomic E-state index is -0.274. The van der Waals surface area contributed by atoms with E-state index in [1.54, 1.807) is 12.5 Å². The molecule has 7 nitrogen and oxygen atoms in total. The monoisotopic (exact) mass is 276 g/mol. The second-order valence-corrected chi connectivity index (χ2v) is 5.89. The second kappa shape index (κ2) is 5.44. The Morgan fingerprint density at radius 1 is 1.50 bits per heavy atom. The van der Waals surface area contributed by atoms with Gasteiger partial charge in [-0.3, -0.25) is 9.89 Å². The smallest absolute Gasteiger partial charge is 0.291 e. The number of carbonyl (C=O) groups excluding carboxylic acids is 1. The molecule has 0 spiro atoms. The number of aromatic amines is 1. The van der Waals surface area contributed by atoms with Gasteiger partial charge in [0.1, 0.15) is 5.82 Å². The number of nitrogens with one attached hydrogen (secondary N) is 2. The molecule has 1 unspecified atom stereocenters. The van der Waals surface area contributed by atoms with E-state index < -0.39 is 0 Å². The van der Waals surface area contributed by atoms with Crippen molar-refractivity contribution in [2.45, 2.75) is 45.7 Å². The highest BCUT2D eigenvalue weighted by molar-refractivity contribution is 5.90. The van der Waals surface area contributed by atoms with Crippen molar-refractivity contribution in [2.75, 3.05) is 0 Å². The molecule has 1 atom stereocenters. The van der Waals surface area contributed by atoms with Gasteiger partial charge in [0.25, 0.3) is 5.91 Å². The molecule has 0 aliphatic rings. The summed E-state index contributed by atoms with van der Waals surface area (Å²) in [5.74, 6) is 0.599. The highest BCUT2D eigenvalue weighted by Crippen LogP contribution is 2.17. The number of H-pyrrole nitrogens is 1. The highest BCUT2D eigenvalue weighted by Gasteiger charge is 2.21. The van der Waals surface area contributed by atoms with Gasteiger partial charge in [-0.25, -0.2) is 9.97 Å². The van der Waals surface area contributed by atoms with Crippen molar-refractivity contribution in [3.8, 4) is 0 Å². The largest absolute Gasteiger partial charge is 0.345 e. The molecular formula is C13H20N6O. The minimum absolute atomic E-state index is 0.0340. The molecule has 0 bridgehead atoms. The van der Waals surface area contributed by atoms with Gasteiger partial charge in [0.15, 0.2) is 0 Å². The van der Waals surface area contributed by atoms with Gasteiger partial charge in [-0.05, 0) is 6.92 Å². The van der Waals surface area contributed by atoms with Crippen molar-refractivity contribution >= 4 is 5.91 Å². The molecule has 0 radical (unpaired) electrons. The first-order chi connectivity index (χ1) is 9.36. The topological polar surface area (TPSA) is 88.5 Å². The van der Waals surface area contributed by atoms with Crippen molar-refractivity contribution in [2.24, 2.45) is 0 Å². The third-order valence-electron chi connectivity index (χ3n) is 2.82. The molecule has 0 aromatic carbocycles. The Kier molecular flexibility index (Phi) is 3.87. The molecule has 2 rings (SSSR count). The van der Waals surface area contributed by atoms with E-state index in [2.05, 4.69) is 25.5 Å². The summed E-state index contributed by atoms with van der Waals surface area (Å²) in [4.78, 5) is 20.2. The number of rotatable bonds is 4. The number of carbonyl (C=O) groups is 1. The third-order valence-corrected chi connectivity index (χ3v) is 2.82. The van der Waals surface area contributed by atoms with Crippen LogP contribution in [0.2, 0.25) is 0 Å². The molecule has 0 fully saturated rings. The number of aromatic nitrogens is 5. The molecule has 2 aromatic rings. The van der Waals surface area contributed by atoms with Crippen molar-refractivity contribution in [3.63, 3.8) is 0 Å². The Balaban J connectivity index is 1.96. The summed E-state index contributed by atoms with van der Waals surface area (Å²) in [5, 5.41) is 9.64. The Hall–Kier alpha value is -2.18. The van der Waals surface area contributed by atoms with Gasteiger partial charge in [-0.15, -0.1) is 5.10 Å². The van der Waals surface area contributed by atoms with Gasteiger partial charge in [0, 0.05) is 30.4 Å². The van der Waals surface area contributed by atoms with Gasteiger partial charge < -0.3 is 9.88 Å². The number of nitrogens with zero attached hydrogens (tertiary/aromatic N) is 4. The summed E-state index contributed by atoms with van der Waals surface area (Å²) in [5.41, 5.74) is -0.159. The van der Waals surface area contributed by atoms with E-state index in [4.69, 9.17) is 0 Å². The van der Waals surface area contributed by atoms with E-state index >= 15 is 0 Å². The van der Waals surface area contributed by atoms with Crippen LogP contribution < -0.4 is 5.32 Å². The van der Waals surface area contributed by atoms with Gasteiger partial charge in [0.2, 0.25) is 5.82 Å². The quantitative estimate of drug-likeness (QED) is 0.875. The fourth-order valence-electron chi connectivity index (χ4n) is 1.74. The summed E-state index contributed by atoms with van der Waals surface area (Å²) in [6.07, 6.45) is 5.28. The van der Waals surface area contributed by atoms with Crippen LogP contribution in [-0.2, 0) is 12.0 Å². The summed E-state index contributed by atoms with van der Waals surface area (Å²) < 4.78 is 1.91. The molecule has 0 aliphatic carbocycles. The number of imidazole rings is 1. The molecule has 2 heterocycles. The van der Waals surface area contributed by atoms with Crippen molar-refractivity contribution in [1.29, 1.82) is 0 Å². The molecule has 0 aliphatic heterocycles. The Labute approximate surface area is 117 Å². The van der Waals surface area contributed by atoms with Gasteiger partial charge in [0.05, 0.1) is 6.33 Å². The number of amides is 1. The lowest BCUT2D eigenvalue weighted by Gasteiger charge is -2.13. The average Bonchev–Trinajstić information content (AvgIpc) is 2.97. The molecule has 2 aromatic heterocycles. The van der Waals surface area contributed by atoms with Crippen molar-refractivity contribution < 1.29 is 4.79 Å². The maximum Gasteiger partial charge on any atom is 0.291 e. The molecule has 2 N–H and O–H groups in total. The van der Waals surface area contributed by atoms with Crippen LogP contribution in [0.4, 0.5) is 0 Å². The Morgan fingerprint density at radius 2 is 2.25 bits per heavy atom. The van der Waals surface area contributed by atoms with Crippen LogP contribution in [0.5, 0.6) is 0 Å². The van der Waals surface area contributed by atoms with E-state index in [-0.39, 0.29) is 23.2 Å². The van der Waals surface area contributed by atoms with Crippen LogP contribution in [0, 0.1) is 0 Å². The standard InChI is InChI=1S/C13H20N6O/c1-9(7-19-6-5-14-8-19)15-11(20)10-16-12(18-17-10)13(2,3)4/h5-6,8-9H,7H2,1-4H3,(H,15,20)(H,16,17,18). The van der Waals surface area contributed by atoms with Crippen LogP contribution in [0.15, 0.2) is 18.7 Å². The van der Waals surface area contributed by atoms with Crippen LogP contribution in [0.3, 0.4) is 0 Å². The Morgan fingerprint density at radius 3 is 2.80 bits per heavy atom. The van der Waals surface area contributed by atoms with E-state index in [9.17, 15) is 4.79 Å². The predicted molar refractivity (Wildman–Crippen MR) is 74.2 cm³/mol. The van der Waals surface area contributed by atoms with E-state index in [0.717, 1.165) is 0 Å². The third kappa shape index (κ3) is 3.43. The van der Waals surface area contributed by atoms with Crippen LogP contribution in [-0.4, -0.2) is 36.7 Å². The van der Waals surface area contributed by atoms with Crippen LogP contribution in [0.25, 0.3) is 0 Å². The normalized spacial score (nSPS) is 13.2. The molecule has 20 heavy (non-hydrogen) atoms. The van der Waals surface area contributed by atoms with Gasteiger partial charge in [-0.2, -0.15) is 0 Å². The lowest BCUT2D eigenvalue weighted by atomic mass is 9.96. The maximum atomic E-state index is 12.0. The predicted octanol–water partition coefficient (Wildman–Crippen LogP) is 1.12. The first-order valence-corrected chi connectivity index (χ1v) is 6.56. The summed E-state index contributed by atoms with van der Waals surface area (Å²) in [6.45, 7) is 8.61. The second-order valence-electron chi connectivity index (χ2n) is 5.89. The fourth-order valence-corrected chi connectivity index (χ4v) is 1.74. The molecule has 1 amide bonds. The fraction of sp³-hybridized carbons (Fsp3) is 0.538. The van der Waals surface area contributed by atoms with E-state index in [1.807, 2.05) is 38.5 Å². The van der Waals surface area contributed by atoms with E-state index in [0.29, 0.717) is 12.4 Å². The zero-order valence-corrected chi connectivity index (χ0v) is 12.2. The lowest BCUT2D eigenvalue weighted by molar-refractivity contribution is 0.0926. The van der Waals surface area contributed by atoms with Gasteiger partial charge in [-0.1, -0.05) is 20.8 Å². The first-order valence-electron chi connectivity index (χ1n) is 6.56. The summed E-state index contributed by atoms with van der Waals surface area (Å²) in [6, 6.07) is -0.0340. The zero-order valence-electron chi connectivity index (χ0n) is 12.2. The zero-order chi connectivity index (χ0) is 14.8. The van der Waals surface area contributed by atoms with Gasteiger partial charge >= 0.3 is 0 Å². The summed E-state index contributed by atoms with van der Waals surface area (Å²) >= 11 is 0.